The molecule has 3 heterocycles. The molecule has 9 rings (SSSR count). The zero-order valence-electron chi connectivity index (χ0n) is 25.9. The standard InChI is InChI=1S/C42H29N3O2/c1-42(2)31-19-9-8-17-30(31)38-32(42)22-23-37-40(38)47-36-21-12-18-29(39(36)46-37)27-15-6-7-16-28(27)34-25-35(33-20-10-11-24-43-33)45-41(44-34)26-13-4-3-5-14-26/h3-25H,1-2H3. The van der Waals surface area contributed by atoms with Crippen molar-refractivity contribution in [3.8, 4) is 79.3 Å². The van der Waals surface area contributed by atoms with Crippen molar-refractivity contribution in [2.24, 2.45) is 0 Å². The summed E-state index contributed by atoms with van der Waals surface area (Å²) in [5, 5.41) is 0. The van der Waals surface area contributed by atoms with Crippen LogP contribution >= 0.6 is 0 Å². The van der Waals surface area contributed by atoms with Crippen LogP contribution in [-0.2, 0) is 5.41 Å². The molecular weight excluding hydrogens is 578 g/mol. The quantitative estimate of drug-likeness (QED) is 0.199. The Morgan fingerprint density at radius 2 is 1.17 bits per heavy atom. The fourth-order valence-electron chi connectivity index (χ4n) is 6.95. The summed E-state index contributed by atoms with van der Waals surface area (Å²) in [4.78, 5) is 14.6. The topological polar surface area (TPSA) is 57.1 Å². The lowest BCUT2D eigenvalue weighted by Gasteiger charge is -2.26. The second-order valence-corrected chi connectivity index (χ2v) is 12.4. The Labute approximate surface area is 273 Å². The van der Waals surface area contributed by atoms with Crippen LogP contribution in [0.2, 0.25) is 0 Å². The smallest absolute Gasteiger partial charge is 0.178 e. The minimum Gasteiger partial charge on any atom is -0.449 e. The third kappa shape index (κ3) is 4.35. The highest BCUT2D eigenvalue weighted by atomic mass is 16.6. The van der Waals surface area contributed by atoms with Crippen LogP contribution in [0.15, 0.2) is 140 Å². The normalized spacial score (nSPS) is 13.4. The molecule has 0 amide bonds. The van der Waals surface area contributed by atoms with Crippen molar-refractivity contribution in [3.05, 3.63) is 151 Å². The number of nitrogens with zero attached hydrogens (tertiary/aromatic N) is 3. The van der Waals surface area contributed by atoms with Crippen molar-refractivity contribution in [1.29, 1.82) is 0 Å². The Kier molecular flexibility index (Phi) is 6.09. The number of aromatic nitrogens is 3. The summed E-state index contributed by atoms with van der Waals surface area (Å²) >= 11 is 0. The van der Waals surface area contributed by atoms with Crippen LogP contribution < -0.4 is 9.47 Å². The number of pyridine rings is 1. The molecule has 5 heteroatoms. The first-order valence-electron chi connectivity index (χ1n) is 15.8. The van der Waals surface area contributed by atoms with Gasteiger partial charge in [-0.2, -0.15) is 0 Å². The Hall–Kier alpha value is -6.07. The predicted octanol–water partition coefficient (Wildman–Crippen LogP) is 10.7. The predicted molar refractivity (Wildman–Crippen MR) is 186 cm³/mol. The molecule has 1 aliphatic carbocycles. The highest BCUT2D eigenvalue weighted by molar-refractivity contribution is 5.91. The van der Waals surface area contributed by atoms with E-state index in [1.54, 1.807) is 6.20 Å². The lowest BCUT2D eigenvalue weighted by atomic mass is 9.82. The fraction of sp³-hybridized carbons (Fsp3) is 0.0714. The largest absolute Gasteiger partial charge is 0.449 e. The maximum Gasteiger partial charge on any atom is 0.178 e. The molecule has 47 heavy (non-hydrogen) atoms. The first-order valence-corrected chi connectivity index (χ1v) is 15.8. The molecule has 0 bridgehead atoms. The summed E-state index contributed by atoms with van der Waals surface area (Å²) < 4.78 is 13.6. The van der Waals surface area contributed by atoms with Crippen molar-refractivity contribution in [1.82, 2.24) is 15.0 Å². The van der Waals surface area contributed by atoms with Crippen molar-refractivity contribution in [3.63, 3.8) is 0 Å². The summed E-state index contributed by atoms with van der Waals surface area (Å²) in [5.74, 6) is 3.47. The lowest BCUT2D eigenvalue weighted by Crippen LogP contribution is -2.15. The molecule has 0 fully saturated rings. The SMILES string of the molecule is CC1(C)c2ccccc2-c2c1ccc1c2Oc2cccc(-c3ccccc3-c3cc(-c4ccccn4)nc(-c4ccccc4)n3)c2O1. The van der Waals surface area contributed by atoms with E-state index in [1.807, 2.05) is 84.9 Å². The average molecular weight is 608 g/mol. The average Bonchev–Trinajstić information content (AvgIpc) is 3.37. The van der Waals surface area contributed by atoms with Crippen LogP contribution in [-0.4, -0.2) is 15.0 Å². The first kappa shape index (κ1) is 27.3. The molecule has 5 nitrogen and oxygen atoms in total. The van der Waals surface area contributed by atoms with Crippen molar-refractivity contribution >= 4 is 0 Å². The number of hydrogen-bond acceptors (Lipinski definition) is 5. The third-order valence-electron chi connectivity index (χ3n) is 9.25. The molecular formula is C42H29N3O2. The number of ether oxygens (including phenoxy) is 2. The first-order chi connectivity index (χ1) is 23.1. The Morgan fingerprint density at radius 3 is 2.00 bits per heavy atom. The van der Waals surface area contributed by atoms with E-state index in [0.29, 0.717) is 23.1 Å². The number of rotatable bonds is 4. The van der Waals surface area contributed by atoms with E-state index in [4.69, 9.17) is 19.4 Å². The van der Waals surface area contributed by atoms with Crippen LogP contribution in [0.25, 0.3) is 56.3 Å². The molecule has 0 unspecified atom stereocenters. The van der Waals surface area contributed by atoms with Gasteiger partial charge < -0.3 is 9.47 Å². The van der Waals surface area contributed by atoms with Gasteiger partial charge in [-0.25, -0.2) is 9.97 Å². The summed E-state index contributed by atoms with van der Waals surface area (Å²) in [6.07, 6.45) is 1.79. The van der Waals surface area contributed by atoms with Gasteiger partial charge in [-0.15, -0.1) is 0 Å². The molecule has 1 aliphatic heterocycles. The summed E-state index contributed by atoms with van der Waals surface area (Å²) in [7, 11) is 0. The molecule has 0 spiro atoms. The second kappa shape index (κ2) is 10.5. The minimum atomic E-state index is -0.129. The van der Waals surface area contributed by atoms with E-state index in [9.17, 15) is 0 Å². The van der Waals surface area contributed by atoms with Crippen molar-refractivity contribution in [2.45, 2.75) is 19.3 Å². The summed E-state index contributed by atoms with van der Waals surface area (Å²) in [6.45, 7) is 4.54. The molecule has 5 aromatic carbocycles. The van der Waals surface area contributed by atoms with Gasteiger partial charge in [0.2, 0.25) is 0 Å². The van der Waals surface area contributed by atoms with Gasteiger partial charge >= 0.3 is 0 Å². The number of hydrogen-bond donors (Lipinski definition) is 0. The third-order valence-corrected chi connectivity index (χ3v) is 9.25. The van der Waals surface area contributed by atoms with Crippen LogP contribution in [0.3, 0.4) is 0 Å². The zero-order valence-corrected chi connectivity index (χ0v) is 25.9. The van der Waals surface area contributed by atoms with Gasteiger partial charge in [0.05, 0.1) is 17.1 Å². The molecule has 7 aromatic rings. The number of benzene rings is 5. The maximum atomic E-state index is 6.78. The zero-order chi connectivity index (χ0) is 31.5. The van der Waals surface area contributed by atoms with E-state index in [2.05, 4.69) is 67.4 Å². The number of para-hydroxylation sites is 1. The van der Waals surface area contributed by atoms with E-state index in [-0.39, 0.29) is 5.41 Å². The van der Waals surface area contributed by atoms with E-state index in [1.165, 1.54) is 16.7 Å². The van der Waals surface area contributed by atoms with Crippen LogP contribution in [0.5, 0.6) is 23.0 Å². The lowest BCUT2D eigenvalue weighted by molar-refractivity contribution is 0.361. The number of fused-ring (bicyclic) bond motifs is 6. The van der Waals surface area contributed by atoms with Crippen LogP contribution in [0, 0.1) is 0 Å². The molecule has 0 saturated carbocycles. The maximum absolute atomic E-state index is 6.78. The minimum absolute atomic E-state index is 0.129. The Bertz CT molecular complexity index is 2270. The summed E-state index contributed by atoms with van der Waals surface area (Å²) in [5.41, 5.74) is 10.8. The highest BCUT2D eigenvalue weighted by Gasteiger charge is 2.39. The molecule has 224 valence electrons. The Balaban J connectivity index is 1.19. The van der Waals surface area contributed by atoms with Gasteiger partial charge in [0, 0.05) is 33.9 Å². The molecule has 0 atom stereocenters. The van der Waals surface area contributed by atoms with E-state index < -0.39 is 0 Å². The molecule has 0 N–H and O–H groups in total. The highest BCUT2D eigenvalue weighted by Crippen LogP contribution is 2.59. The van der Waals surface area contributed by atoms with Crippen molar-refractivity contribution in [2.75, 3.05) is 0 Å². The van der Waals surface area contributed by atoms with Gasteiger partial charge in [-0.05, 0) is 52.6 Å². The van der Waals surface area contributed by atoms with Crippen LogP contribution in [0.4, 0.5) is 0 Å². The molecule has 2 aromatic heterocycles. The van der Waals surface area contributed by atoms with Gasteiger partial charge in [-0.3, -0.25) is 4.98 Å². The monoisotopic (exact) mass is 607 g/mol. The van der Waals surface area contributed by atoms with Gasteiger partial charge in [0.15, 0.2) is 28.8 Å². The molecule has 2 aliphatic rings. The molecule has 0 radical (unpaired) electrons. The van der Waals surface area contributed by atoms with Crippen LogP contribution in [0.1, 0.15) is 25.0 Å². The van der Waals surface area contributed by atoms with Gasteiger partial charge in [0.1, 0.15) is 0 Å². The Morgan fingerprint density at radius 1 is 0.489 bits per heavy atom. The second-order valence-electron chi connectivity index (χ2n) is 12.4. The van der Waals surface area contributed by atoms with E-state index in [0.717, 1.165) is 50.6 Å². The van der Waals surface area contributed by atoms with E-state index >= 15 is 0 Å². The summed E-state index contributed by atoms with van der Waals surface area (Å²) in [6, 6.07) is 45.1. The van der Waals surface area contributed by atoms with Gasteiger partial charge in [-0.1, -0.05) is 117 Å². The van der Waals surface area contributed by atoms with Crippen molar-refractivity contribution < 1.29 is 9.47 Å². The van der Waals surface area contributed by atoms with Gasteiger partial charge in [0.25, 0.3) is 0 Å². The molecule has 0 saturated heterocycles. The fourth-order valence-corrected chi connectivity index (χ4v) is 6.95.